The third kappa shape index (κ3) is 4.23. The van der Waals surface area contributed by atoms with E-state index in [0.717, 1.165) is 16.7 Å². The summed E-state index contributed by atoms with van der Waals surface area (Å²) in [6, 6.07) is 25.4. The summed E-state index contributed by atoms with van der Waals surface area (Å²) in [5.74, 6) is 0.420. The van der Waals surface area contributed by atoms with Crippen LogP contribution >= 0.6 is 11.6 Å². The van der Waals surface area contributed by atoms with Gasteiger partial charge in [0.15, 0.2) is 0 Å². The van der Waals surface area contributed by atoms with E-state index in [2.05, 4.69) is 34.7 Å². The van der Waals surface area contributed by atoms with Crippen LogP contribution in [0.4, 0.5) is 10.6 Å². The number of carbonyl (C=O) groups is 1. The maximum atomic E-state index is 12.7. The number of halogens is 1. The molecule has 5 rings (SSSR count). The fourth-order valence-corrected chi connectivity index (χ4v) is 4.50. The molecular weight excluding hydrogens is 438 g/mol. The van der Waals surface area contributed by atoms with Crippen molar-refractivity contribution < 1.29 is 14.6 Å². The van der Waals surface area contributed by atoms with Crippen LogP contribution in [0.25, 0.3) is 22.4 Å². The molecule has 1 heterocycles. The largest absolute Gasteiger partial charge is 0.448 e. The van der Waals surface area contributed by atoms with E-state index in [-0.39, 0.29) is 25.7 Å². The Morgan fingerprint density at radius 1 is 1.00 bits per heavy atom. The normalized spacial score (nSPS) is 12.3. The van der Waals surface area contributed by atoms with Crippen molar-refractivity contribution >= 4 is 23.5 Å². The Bertz CT molecular complexity index is 1270. The average molecular weight is 460 g/mol. The molecule has 0 atom stereocenters. The van der Waals surface area contributed by atoms with Crippen LogP contribution in [0.1, 0.15) is 17.0 Å². The zero-order valence-electron chi connectivity index (χ0n) is 17.7. The summed E-state index contributed by atoms with van der Waals surface area (Å²) in [5, 5.41) is 17.3. The fourth-order valence-electron chi connectivity index (χ4n) is 4.31. The first-order chi connectivity index (χ1) is 16.1. The van der Waals surface area contributed by atoms with E-state index in [4.69, 9.17) is 16.3 Å². The van der Waals surface area contributed by atoms with Crippen molar-refractivity contribution in [3.63, 3.8) is 0 Å². The molecule has 0 bridgehead atoms. The number of aliphatic hydroxyl groups excluding tert-OH is 1. The zero-order valence-corrected chi connectivity index (χ0v) is 18.5. The molecule has 3 aromatic carbocycles. The van der Waals surface area contributed by atoms with Crippen molar-refractivity contribution in [3.8, 4) is 22.4 Å². The second-order valence-corrected chi connectivity index (χ2v) is 8.26. The first-order valence-corrected chi connectivity index (χ1v) is 11.1. The molecule has 7 heteroatoms. The molecule has 1 amide bonds. The quantitative estimate of drug-likeness (QED) is 0.396. The van der Waals surface area contributed by atoms with Crippen molar-refractivity contribution in [1.29, 1.82) is 0 Å². The molecular formula is C26H22ClN3O3. The van der Waals surface area contributed by atoms with Gasteiger partial charge in [-0.05, 0) is 34.4 Å². The minimum absolute atomic E-state index is 0.0208. The first-order valence-electron chi connectivity index (χ1n) is 10.7. The van der Waals surface area contributed by atoms with Crippen LogP contribution in [0.3, 0.4) is 0 Å². The number of carbonyl (C=O) groups excluding carboxylic acids is 1. The third-order valence-electron chi connectivity index (χ3n) is 5.79. The van der Waals surface area contributed by atoms with Gasteiger partial charge in [0, 0.05) is 22.6 Å². The number of fused-ring (bicyclic) bond motifs is 3. The Kier molecular flexibility index (Phi) is 5.86. The summed E-state index contributed by atoms with van der Waals surface area (Å²) >= 11 is 6.10. The smallest absolute Gasteiger partial charge is 0.412 e. The number of aromatic nitrogens is 2. The highest BCUT2D eigenvalue weighted by molar-refractivity contribution is 6.30. The molecule has 0 saturated carbocycles. The SMILES string of the molecule is O=C(Nc1cc(-c2cccc(Cl)c2)nn1CCO)OCC1c2ccccc2-c2ccccc21. The van der Waals surface area contributed by atoms with Crippen LogP contribution in [-0.2, 0) is 11.3 Å². The summed E-state index contributed by atoms with van der Waals surface area (Å²) in [4.78, 5) is 12.7. The Balaban J connectivity index is 1.33. The Morgan fingerprint density at radius 2 is 1.70 bits per heavy atom. The molecule has 6 nitrogen and oxygen atoms in total. The van der Waals surface area contributed by atoms with Gasteiger partial charge in [-0.25, -0.2) is 9.48 Å². The molecule has 0 fully saturated rings. The van der Waals surface area contributed by atoms with E-state index in [0.29, 0.717) is 16.5 Å². The number of aliphatic hydroxyl groups is 1. The van der Waals surface area contributed by atoms with E-state index in [9.17, 15) is 9.90 Å². The fraction of sp³-hybridized carbons (Fsp3) is 0.154. The lowest BCUT2D eigenvalue weighted by atomic mass is 9.98. The highest BCUT2D eigenvalue weighted by Crippen LogP contribution is 2.44. The van der Waals surface area contributed by atoms with Gasteiger partial charge in [-0.15, -0.1) is 0 Å². The maximum Gasteiger partial charge on any atom is 0.412 e. The highest BCUT2D eigenvalue weighted by atomic mass is 35.5. The molecule has 0 saturated heterocycles. The maximum absolute atomic E-state index is 12.7. The van der Waals surface area contributed by atoms with Crippen LogP contribution in [0.15, 0.2) is 78.9 Å². The molecule has 4 aromatic rings. The first kappa shape index (κ1) is 21.2. The summed E-state index contributed by atoms with van der Waals surface area (Å²) in [5.41, 5.74) is 6.11. The summed E-state index contributed by atoms with van der Waals surface area (Å²) in [6.07, 6.45) is -0.575. The Labute approximate surface area is 196 Å². The summed E-state index contributed by atoms with van der Waals surface area (Å²) < 4.78 is 7.18. The molecule has 33 heavy (non-hydrogen) atoms. The number of ether oxygens (including phenoxy) is 1. The van der Waals surface area contributed by atoms with Gasteiger partial charge in [0.25, 0.3) is 0 Å². The second-order valence-electron chi connectivity index (χ2n) is 7.82. The molecule has 166 valence electrons. The van der Waals surface area contributed by atoms with E-state index < -0.39 is 6.09 Å². The van der Waals surface area contributed by atoms with Gasteiger partial charge >= 0.3 is 6.09 Å². The summed E-state index contributed by atoms with van der Waals surface area (Å²) in [7, 11) is 0. The number of rotatable bonds is 6. The van der Waals surface area contributed by atoms with Crippen LogP contribution in [0.5, 0.6) is 0 Å². The number of benzene rings is 3. The number of nitrogens with one attached hydrogen (secondary N) is 1. The van der Waals surface area contributed by atoms with Crippen molar-refractivity contribution in [2.75, 3.05) is 18.5 Å². The van der Waals surface area contributed by atoms with Gasteiger partial charge in [-0.2, -0.15) is 5.10 Å². The highest BCUT2D eigenvalue weighted by Gasteiger charge is 2.29. The molecule has 0 unspecified atom stereocenters. The van der Waals surface area contributed by atoms with Crippen molar-refractivity contribution in [2.24, 2.45) is 0 Å². The minimum atomic E-state index is -0.575. The third-order valence-corrected chi connectivity index (χ3v) is 6.02. The monoisotopic (exact) mass is 459 g/mol. The molecule has 1 aromatic heterocycles. The van der Waals surface area contributed by atoms with Crippen molar-refractivity contribution in [2.45, 2.75) is 12.5 Å². The van der Waals surface area contributed by atoms with Gasteiger partial charge in [0.05, 0.1) is 18.8 Å². The zero-order chi connectivity index (χ0) is 22.8. The molecule has 1 aliphatic carbocycles. The molecule has 1 aliphatic rings. The van der Waals surface area contributed by atoms with Crippen LogP contribution in [0, 0.1) is 0 Å². The average Bonchev–Trinajstić information content (AvgIpc) is 3.37. The van der Waals surface area contributed by atoms with Crippen molar-refractivity contribution in [1.82, 2.24) is 9.78 Å². The number of hydrogen-bond acceptors (Lipinski definition) is 4. The lowest BCUT2D eigenvalue weighted by Gasteiger charge is -2.15. The van der Waals surface area contributed by atoms with Crippen LogP contribution in [0.2, 0.25) is 5.02 Å². The minimum Gasteiger partial charge on any atom is -0.448 e. The van der Waals surface area contributed by atoms with Crippen molar-refractivity contribution in [3.05, 3.63) is 95.0 Å². The molecule has 0 aliphatic heterocycles. The number of anilines is 1. The molecule has 0 radical (unpaired) electrons. The second kappa shape index (κ2) is 9.10. The molecule has 0 spiro atoms. The number of nitrogens with zero attached hydrogens (tertiary/aromatic N) is 2. The number of amides is 1. The predicted molar refractivity (Wildman–Crippen MR) is 128 cm³/mol. The Morgan fingerprint density at radius 3 is 2.36 bits per heavy atom. The number of hydrogen-bond donors (Lipinski definition) is 2. The molecule has 2 N–H and O–H groups in total. The Hall–Kier alpha value is -3.61. The van der Waals surface area contributed by atoms with E-state index in [1.54, 1.807) is 18.2 Å². The summed E-state index contributed by atoms with van der Waals surface area (Å²) in [6.45, 7) is 0.338. The predicted octanol–water partition coefficient (Wildman–Crippen LogP) is 5.56. The van der Waals surface area contributed by atoms with E-state index in [1.165, 1.54) is 15.8 Å². The van der Waals surface area contributed by atoms with E-state index >= 15 is 0 Å². The van der Waals surface area contributed by atoms with E-state index in [1.807, 2.05) is 36.4 Å². The lowest BCUT2D eigenvalue weighted by molar-refractivity contribution is 0.158. The lowest BCUT2D eigenvalue weighted by Crippen LogP contribution is -2.20. The van der Waals surface area contributed by atoms with Gasteiger partial charge < -0.3 is 9.84 Å². The van der Waals surface area contributed by atoms with Crippen LogP contribution < -0.4 is 5.32 Å². The standard InChI is InChI=1S/C26H22ClN3O3/c27-18-7-5-6-17(14-18)24-15-25(30(29-24)12-13-31)28-26(32)33-16-23-21-10-3-1-8-19(21)20-9-2-4-11-22(20)23/h1-11,14-15,23,31H,12-13,16H2,(H,28,32). The van der Waals surface area contributed by atoms with Gasteiger partial charge in [0.1, 0.15) is 12.4 Å². The topological polar surface area (TPSA) is 76.4 Å². The van der Waals surface area contributed by atoms with Gasteiger partial charge in [-0.1, -0.05) is 72.3 Å². The van der Waals surface area contributed by atoms with Gasteiger partial charge in [0.2, 0.25) is 0 Å². The van der Waals surface area contributed by atoms with Gasteiger partial charge in [-0.3, -0.25) is 5.32 Å². The van der Waals surface area contributed by atoms with Crippen LogP contribution in [-0.4, -0.2) is 34.2 Å².